The normalized spacial score (nSPS) is 11.7. The van der Waals surface area contributed by atoms with Gasteiger partial charge in [-0.15, -0.1) is 0 Å². The van der Waals surface area contributed by atoms with Crippen LogP contribution in [-0.4, -0.2) is 39.6 Å². The van der Waals surface area contributed by atoms with Crippen LogP contribution in [0.2, 0.25) is 0 Å². The summed E-state index contributed by atoms with van der Waals surface area (Å²) >= 11 is 0. The number of rotatable bonds is 13. The molecule has 0 saturated heterocycles. The van der Waals surface area contributed by atoms with E-state index in [-0.39, 0.29) is 23.8 Å². The molecule has 2 amide bonds. The lowest BCUT2D eigenvalue weighted by atomic mass is 9.92. The van der Waals surface area contributed by atoms with Crippen LogP contribution in [0.15, 0.2) is 30.3 Å². The Morgan fingerprint density at radius 3 is 2.34 bits per heavy atom. The van der Waals surface area contributed by atoms with Crippen LogP contribution < -0.4 is 5.32 Å². The van der Waals surface area contributed by atoms with Gasteiger partial charge in [0.25, 0.3) is 0 Å². The van der Waals surface area contributed by atoms with Crippen molar-refractivity contribution in [3.63, 3.8) is 0 Å². The van der Waals surface area contributed by atoms with E-state index < -0.39 is 0 Å². The highest BCUT2D eigenvalue weighted by Crippen LogP contribution is 2.27. The molecule has 1 aromatic carbocycles. The standard InChI is InChI=1S/C29H46N4O2/c1-8-9-10-11-12-13-18-28(35)32(20-22(2)3)21-27(34)30-26-19-25(29(5,6)7)31-33(26)24-17-15-14-16-23(24)4/h14-17,19,22H,8-13,18,20-21H2,1-7H3,(H,30,34). The molecule has 2 rings (SSSR count). The highest BCUT2D eigenvalue weighted by molar-refractivity contribution is 5.94. The number of nitrogens with zero attached hydrogens (tertiary/aromatic N) is 3. The van der Waals surface area contributed by atoms with Gasteiger partial charge in [0.1, 0.15) is 5.82 Å². The van der Waals surface area contributed by atoms with Crippen LogP contribution in [0.4, 0.5) is 5.82 Å². The Hall–Kier alpha value is -2.63. The summed E-state index contributed by atoms with van der Waals surface area (Å²) in [5, 5.41) is 7.87. The predicted molar refractivity (Wildman–Crippen MR) is 145 cm³/mol. The fraction of sp³-hybridized carbons (Fsp3) is 0.621. The van der Waals surface area contributed by atoms with Gasteiger partial charge in [-0.2, -0.15) is 5.10 Å². The molecule has 0 aliphatic rings. The molecule has 1 aromatic heterocycles. The number of aromatic nitrogens is 2. The Bertz CT molecular complexity index is 956. The van der Waals surface area contributed by atoms with Gasteiger partial charge in [0, 0.05) is 24.4 Å². The number of carbonyl (C=O) groups is 2. The first-order chi connectivity index (χ1) is 16.5. The Labute approximate surface area is 212 Å². The number of amides is 2. The minimum Gasteiger partial charge on any atom is -0.333 e. The maximum atomic E-state index is 13.1. The maximum Gasteiger partial charge on any atom is 0.245 e. The SMILES string of the molecule is CCCCCCCCC(=O)N(CC(=O)Nc1cc(C(C)(C)C)nn1-c1ccccc1C)CC(C)C. The van der Waals surface area contributed by atoms with Crippen LogP contribution in [0.1, 0.15) is 97.7 Å². The Kier molecular flexibility index (Phi) is 11.0. The second-order valence-corrected chi connectivity index (χ2v) is 11.1. The van der Waals surface area contributed by atoms with Gasteiger partial charge in [-0.1, -0.05) is 91.8 Å². The van der Waals surface area contributed by atoms with Crippen molar-refractivity contribution < 1.29 is 9.59 Å². The third kappa shape index (κ3) is 9.15. The summed E-state index contributed by atoms with van der Waals surface area (Å²) in [7, 11) is 0. The Morgan fingerprint density at radius 2 is 1.71 bits per heavy atom. The van der Waals surface area contributed by atoms with Crippen molar-refractivity contribution in [2.24, 2.45) is 5.92 Å². The molecule has 6 nitrogen and oxygen atoms in total. The quantitative estimate of drug-likeness (QED) is 0.325. The largest absolute Gasteiger partial charge is 0.333 e. The molecule has 0 aliphatic carbocycles. The number of aryl methyl sites for hydroxylation is 1. The number of unbranched alkanes of at least 4 members (excludes halogenated alkanes) is 5. The van der Waals surface area contributed by atoms with Crippen LogP contribution in [0, 0.1) is 12.8 Å². The summed E-state index contributed by atoms with van der Waals surface area (Å²) in [6, 6.07) is 9.93. The van der Waals surface area contributed by atoms with Crippen LogP contribution in [0.25, 0.3) is 5.69 Å². The summed E-state index contributed by atoms with van der Waals surface area (Å²) in [6.07, 6.45) is 7.33. The molecule has 0 atom stereocenters. The van der Waals surface area contributed by atoms with Crippen LogP contribution in [-0.2, 0) is 15.0 Å². The monoisotopic (exact) mass is 482 g/mol. The van der Waals surface area contributed by atoms with Gasteiger partial charge in [0.05, 0.1) is 17.9 Å². The Morgan fingerprint density at radius 1 is 1.06 bits per heavy atom. The second kappa shape index (κ2) is 13.5. The molecule has 0 radical (unpaired) electrons. The molecular formula is C29H46N4O2. The van der Waals surface area contributed by atoms with Gasteiger partial charge in [0.15, 0.2) is 0 Å². The van der Waals surface area contributed by atoms with E-state index in [1.54, 1.807) is 9.58 Å². The van der Waals surface area contributed by atoms with Crippen LogP contribution in [0.5, 0.6) is 0 Å². The van der Waals surface area contributed by atoms with Gasteiger partial charge >= 0.3 is 0 Å². The van der Waals surface area contributed by atoms with Gasteiger partial charge < -0.3 is 10.2 Å². The van der Waals surface area contributed by atoms with E-state index in [0.717, 1.165) is 29.8 Å². The third-order valence-electron chi connectivity index (χ3n) is 6.11. The Balaban J connectivity index is 2.13. The minimum atomic E-state index is -0.197. The van der Waals surface area contributed by atoms with E-state index in [1.807, 2.05) is 37.3 Å². The molecule has 2 aromatic rings. The summed E-state index contributed by atoms with van der Waals surface area (Å²) in [5.74, 6) is 0.785. The van der Waals surface area contributed by atoms with Crippen LogP contribution in [0.3, 0.4) is 0 Å². The number of nitrogens with one attached hydrogen (secondary N) is 1. The van der Waals surface area contributed by atoms with Crippen molar-refractivity contribution in [2.45, 2.75) is 98.8 Å². The molecule has 194 valence electrons. The van der Waals surface area contributed by atoms with E-state index in [1.165, 1.54) is 25.7 Å². The fourth-order valence-electron chi connectivity index (χ4n) is 4.09. The number of hydrogen-bond acceptors (Lipinski definition) is 3. The zero-order valence-corrected chi connectivity index (χ0v) is 23.0. The first-order valence-electron chi connectivity index (χ1n) is 13.3. The predicted octanol–water partition coefficient (Wildman–Crippen LogP) is 6.65. The molecule has 0 bridgehead atoms. The molecule has 0 saturated carbocycles. The average molecular weight is 483 g/mol. The summed E-state index contributed by atoms with van der Waals surface area (Å²) < 4.78 is 1.80. The molecule has 6 heteroatoms. The van der Waals surface area contributed by atoms with Gasteiger partial charge in [-0.25, -0.2) is 4.68 Å². The van der Waals surface area contributed by atoms with Gasteiger partial charge in [0.2, 0.25) is 11.8 Å². The summed E-state index contributed by atoms with van der Waals surface area (Å²) in [5.41, 5.74) is 2.73. The molecular weight excluding hydrogens is 436 g/mol. The van der Waals surface area contributed by atoms with E-state index in [9.17, 15) is 9.59 Å². The fourth-order valence-corrected chi connectivity index (χ4v) is 4.09. The number of hydrogen-bond donors (Lipinski definition) is 1. The molecule has 0 fully saturated rings. The second-order valence-electron chi connectivity index (χ2n) is 11.1. The number of benzene rings is 1. The summed E-state index contributed by atoms with van der Waals surface area (Å²) in [4.78, 5) is 27.8. The van der Waals surface area contributed by atoms with Crippen molar-refractivity contribution in [1.29, 1.82) is 0 Å². The molecule has 0 unspecified atom stereocenters. The third-order valence-corrected chi connectivity index (χ3v) is 6.11. The topological polar surface area (TPSA) is 67.2 Å². The first kappa shape index (κ1) is 28.6. The van der Waals surface area contributed by atoms with Gasteiger partial charge in [-0.05, 0) is 30.9 Å². The molecule has 35 heavy (non-hydrogen) atoms. The van der Waals surface area contributed by atoms with Gasteiger partial charge in [-0.3, -0.25) is 9.59 Å². The number of carbonyl (C=O) groups excluding carboxylic acids is 2. The summed E-state index contributed by atoms with van der Waals surface area (Å²) in [6.45, 7) is 15.3. The zero-order chi connectivity index (χ0) is 26.0. The van der Waals surface area contributed by atoms with Crippen molar-refractivity contribution in [1.82, 2.24) is 14.7 Å². The smallest absolute Gasteiger partial charge is 0.245 e. The lowest BCUT2D eigenvalue weighted by Crippen LogP contribution is -2.40. The highest BCUT2D eigenvalue weighted by atomic mass is 16.2. The van der Waals surface area contributed by atoms with E-state index in [0.29, 0.717) is 24.7 Å². The maximum absolute atomic E-state index is 13.1. The molecule has 1 N–H and O–H groups in total. The molecule has 0 aliphatic heterocycles. The van der Waals surface area contributed by atoms with Crippen molar-refractivity contribution in [2.75, 3.05) is 18.4 Å². The van der Waals surface area contributed by atoms with Crippen LogP contribution >= 0.6 is 0 Å². The van der Waals surface area contributed by atoms with E-state index in [2.05, 4.69) is 46.9 Å². The minimum absolute atomic E-state index is 0.0522. The molecule has 1 heterocycles. The first-order valence-corrected chi connectivity index (χ1v) is 13.3. The number of para-hydroxylation sites is 1. The molecule has 0 spiro atoms. The highest BCUT2D eigenvalue weighted by Gasteiger charge is 2.23. The number of anilines is 1. The lowest BCUT2D eigenvalue weighted by molar-refractivity contribution is -0.135. The van der Waals surface area contributed by atoms with E-state index in [4.69, 9.17) is 5.10 Å². The average Bonchev–Trinajstić information content (AvgIpc) is 3.19. The zero-order valence-electron chi connectivity index (χ0n) is 23.0. The van der Waals surface area contributed by atoms with Crippen molar-refractivity contribution in [3.8, 4) is 5.69 Å². The van der Waals surface area contributed by atoms with Crippen molar-refractivity contribution >= 4 is 17.6 Å². The van der Waals surface area contributed by atoms with E-state index >= 15 is 0 Å². The lowest BCUT2D eigenvalue weighted by Gasteiger charge is -2.24. The van der Waals surface area contributed by atoms with Crippen molar-refractivity contribution in [3.05, 3.63) is 41.6 Å².